The molecule has 3 heteroatoms. The van der Waals surface area contributed by atoms with E-state index in [4.69, 9.17) is 4.74 Å². The Morgan fingerprint density at radius 2 is 2.06 bits per heavy atom. The molecule has 0 aliphatic carbocycles. The summed E-state index contributed by atoms with van der Waals surface area (Å²) in [4.78, 5) is 11.5. The smallest absolute Gasteiger partial charge is 0.313 e. The Morgan fingerprint density at radius 3 is 2.71 bits per heavy atom. The van der Waals surface area contributed by atoms with E-state index in [2.05, 4.69) is 24.4 Å². The first-order valence-corrected chi connectivity index (χ1v) is 5.80. The molecule has 2 rings (SSSR count). The molecule has 1 heterocycles. The van der Waals surface area contributed by atoms with Crippen molar-refractivity contribution in [2.45, 2.75) is 13.0 Å². The molecular formula is C14H17NO2. The minimum Gasteiger partial charge on any atom is -0.469 e. The van der Waals surface area contributed by atoms with Crippen LogP contribution in [-0.4, -0.2) is 25.7 Å². The van der Waals surface area contributed by atoms with Crippen LogP contribution in [0.3, 0.4) is 0 Å². The van der Waals surface area contributed by atoms with Crippen LogP contribution in [0.15, 0.2) is 36.4 Å². The van der Waals surface area contributed by atoms with E-state index in [1.165, 1.54) is 7.11 Å². The van der Waals surface area contributed by atoms with Crippen molar-refractivity contribution >= 4 is 11.5 Å². The standard InChI is InChI=1S/C14H17NO2/c1-10-13(11-6-4-3-5-7-11)8-12(9-15-10)14(16)17-2/h3-8,10,12,15H,9H2,1-2H3. The maximum absolute atomic E-state index is 11.5. The number of nitrogens with one attached hydrogen (secondary N) is 1. The molecule has 0 fully saturated rings. The Morgan fingerprint density at radius 1 is 1.35 bits per heavy atom. The van der Waals surface area contributed by atoms with E-state index in [1.807, 2.05) is 24.3 Å². The Kier molecular flexibility index (Phi) is 3.59. The zero-order chi connectivity index (χ0) is 12.3. The molecule has 1 aliphatic heterocycles. The summed E-state index contributed by atoms with van der Waals surface area (Å²) in [5.74, 6) is -0.371. The van der Waals surface area contributed by atoms with Crippen molar-refractivity contribution in [1.82, 2.24) is 5.32 Å². The monoisotopic (exact) mass is 231 g/mol. The number of hydrogen-bond donors (Lipinski definition) is 1. The molecule has 90 valence electrons. The van der Waals surface area contributed by atoms with Crippen LogP contribution in [0.5, 0.6) is 0 Å². The quantitative estimate of drug-likeness (QED) is 0.789. The number of benzene rings is 1. The van der Waals surface area contributed by atoms with Gasteiger partial charge in [-0.05, 0) is 18.1 Å². The van der Waals surface area contributed by atoms with Crippen LogP contribution in [0.4, 0.5) is 0 Å². The van der Waals surface area contributed by atoms with Crippen molar-refractivity contribution in [2.75, 3.05) is 13.7 Å². The van der Waals surface area contributed by atoms with Crippen LogP contribution >= 0.6 is 0 Å². The molecule has 1 N–H and O–H groups in total. The van der Waals surface area contributed by atoms with Crippen molar-refractivity contribution in [2.24, 2.45) is 5.92 Å². The van der Waals surface area contributed by atoms with Gasteiger partial charge in [0.15, 0.2) is 0 Å². The number of methoxy groups -OCH3 is 1. The molecule has 0 saturated heterocycles. The number of ether oxygens (including phenoxy) is 1. The largest absolute Gasteiger partial charge is 0.469 e. The van der Waals surface area contributed by atoms with Gasteiger partial charge in [0.2, 0.25) is 0 Å². The molecule has 2 atom stereocenters. The fourth-order valence-corrected chi connectivity index (χ4v) is 2.11. The number of rotatable bonds is 2. The van der Waals surface area contributed by atoms with Gasteiger partial charge in [0.05, 0.1) is 13.0 Å². The van der Waals surface area contributed by atoms with Crippen molar-refractivity contribution in [1.29, 1.82) is 0 Å². The second-order valence-electron chi connectivity index (χ2n) is 4.25. The third kappa shape index (κ3) is 2.56. The number of hydrogen-bond acceptors (Lipinski definition) is 3. The highest BCUT2D eigenvalue weighted by Gasteiger charge is 2.25. The lowest BCUT2D eigenvalue weighted by Gasteiger charge is -2.26. The van der Waals surface area contributed by atoms with E-state index in [0.29, 0.717) is 6.54 Å². The third-order valence-electron chi connectivity index (χ3n) is 3.10. The molecule has 0 aromatic heterocycles. The zero-order valence-corrected chi connectivity index (χ0v) is 10.1. The first-order chi connectivity index (χ1) is 8.22. The van der Waals surface area contributed by atoms with Gasteiger partial charge in [-0.2, -0.15) is 0 Å². The van der Waals surface area contributed by atoms with Crippen molar-refractivity contribution < 1.29 is 9.53 Å². The molecule has 0 bridgehead atoms. The molecule has 2 unspecified atom stereocenters. The summed E-state index contributed by atoms with van der Waals surface area (Å²) >= 11 is 0. The lowest BCUT2D eigenvalue weighted by molar-refractivity contribution is -0.143. The van der Waals surface area contributed by atoms with Crippen LogP contribution in [0.25, 0.3) is 5.57 Å². The van der Waals surface area contributed by atoms with Crippen LogP contribution < -0.4 is 5.32 Å². The van der Waals surface area contributed by atoms with E-state index in [-0.39, 0.29) is 17.9 Å². The van der Waals surface area contributed by atoms with E-state index in [9.17, 15) is 4.79 Å². The fourth-order valence-electron chi connectivity index (χ4n) is 2.11. The predicted octanol–water partition coefficient (Wildman–Crippen LogP) is 1.85. The van der Waals surface area contributed by atoms with Crippen LogP contribution in [0.1, 0.15) is 12.5 Å². The average Bonchev–Trinajstić information content (AvgIpc) is 2.39. The predicted molar refractivity (Wildman–Crippen MR) is 67.4 cm³/mol. The summed E-state index contributed by atoms with van der Waals surface area (Å²) in [6, 6.07) is 10.4. The molecule has 0 radical (unpaired) electrons. The second-order valence-corrected chi connectivity index (χ2v) is 4.25. The van der Waals surface area contributed by atoms with E-state index in [1.54, 1.807) is 0 Å². The minimum absolute atomic E-state index is 0.183. The summed E-state index contributed by atoms with van der Waals surface area (Å²) in [5, 5.41) is 3.33. The molecule has 1 aliphatic rings. The van der Waals surface area contributed by atoms with Crippen LogP contribution in [0.2, 0.25) is 0 Å². The van der Waals surface area contributed by atoms with Crippen molar-refractivity contribution in [3.05, 3.63) is 42.0 Å². The van der Waals surface area contributed by atoms with E-state index < -0.39 is 0 Å². The molecular weight excluding hydrogens is 214 g/mol. The van der Waals surface area contributed by atoms with Gasteiger partial charge in [-0.25, -0.2) is 0 Å². The van der Waals surface area contributed by atoms with E-state index in [0.717, 1.165) is 11.1 Å². The molecule has 0 saturated carbocycles. The molecule has 1 aromatic carbocycles. The molecule has 0 spiro atoms. The van der Waals surface area contributed by atoms with Gasteiger partial charge >= 0.3 is 5.97 Å². The Balaban J connectivity index is 2.30. The summed E-state index contributed by atoms with van der Waals surface area (Å²) in [7, 11) is 1.43. The third-order valence-corrected chi connectivity index (χ3v) is 3.10. The number of esters is 1. The lowest BCUT2D eigenvalue weighted by atomic mass is 9.91. The first-order valence-electron chi connectivity index (χ1n) is 5.80. The normalized spacial score (nSPS) is 24.0. The highest BCUT2D eigenvalue weighted by molar-refractivity contribution is 5.80. The highest BCUT2D eigenvalue weighted by Crippen LogP contribution is 2.24. The molecule has 3 nitrogen and oxygen atoms in total. The molecule has 17 heavy (non-hydrogen) atoms. The maximum Gasteiger partial charge on any atom is 0.313 e. The number of carbonyl (C=O) groups excluding carboxylic acids is 1. The van der Waals surface area contributed by atoms with Gasteiger partial charge in [0.1, 0.15) is 0 Å². The van der Waals surface area contributed by atoms with Gasteiger partial charge < -0.3 is 10.1 Å². The number of carbonyl (C=O) groups is 1. The van der Waals surface area contributed by atoms with Gasteiger partial charge in [-0.15, -0.1) is 0 Å². The van der Waals surface area contributed by atoms with Crippen LogP contribution in [-0.2, 0) is 9.53 Å². The van der Waals surface area contributed by atoms with Gasteiger partial charge in [-0.1, -0.05) is 36.4 Å². The van der Waals surface area contributed by atoms with Gasteiger partial charge in [-0.3, -0.25) is 4.79 Å². The summed E-state index contributed by atoms with van der Waals surface area (Å²) in [5.41, 5.74) is 2.31. The lowest BCUT2D eigenvalue weighted by Crippen LogP contribution is -2.39. The van der Waals surface area contributed by atoms with Gasteiger partial charge in [0, 0.05) is 12.6 Å². The summed E-state index contributed by atoms with van der Waals surface area (Å²) < 4.78 is 4.79. The molecule has 0 amide bonds. The highest BCUT2D eigenvalue weighted by atomic mass is 16.5. The zero-order valence-electron chi connectivity index (χ0n) is 10.1. The first kappa shape index (κ1) is 11.9. The Bertz CT molecular complexity index is 425. The van der Waals surface area contributed by atoms with Gasteiger partial charge in [0.25, 0.3) is 0 Å². The molecule has 1 aromatic rings. The fraction of sp³-hybridized carbons (Fsp3) is 0.357. The van der Waals surface area contributed by atoms with E-state index >= 15 is 0 Å². The Hall–Kier alpha value is -1.61. The Labute approximate surface area is 101 Å². The van der Waals surface area contributed by atoms with Crippen molar-refractivity contribution in [3.8, 4) is 0 Å². The maximum atomic E-state index is 11.5. The minimum atomic E-state index is -0.189. The topological polar surface area (TPSA) is 38.3 Å². The summed E-state index contributed by atoms with van der Waals surface area (Å²) in [6.07, 6.45) is 2.02. The summed E-state index contributed by atoms with van der Waals surface area (Å²) in [6.45, 7) is 2.75. The SMILES string of the molecule is COC(=O)C1C=C(c2ccccc2)C(C)NC1. The second kappa shape index (κ2) is 5.15. The van der Waals surface area contributed by atoms with Crippen molar-refractivity contribution in [3.63, 3.8) is 0 Å². The van der Waals surface area contributed by atoms with Crippen LogP contribution in [0, 0.1) is 5.92 Å². The average molecular weight is 231 g/mol.